The molecule has 0 N–H and O–H groups in total. The molecule has 0 bridgehead atoms. The maximum Gasteiger partial charge on any atom is 0.197 e. The number of hydrogen-bond acceptors (Lipinski definition) is 5. The van der Waals surface area contributed by atoms with Gasteiger partial charge >= 0.3 is 0 Å². The van der Waals surface area contributed by atoms with Gasteiger partial charge in [-0.25, -0.2) is 15.0 Å². The minimum Gasteiger partial charge on any atom is -0.448 e. The minimum absolute atomic E-state index is 0.261. The van der Waals surface area contributed by atoms with Crippen LogP contribution in [-0.2, 0) is 6.54 Å². The fraction of sp³-hybridized carbons (Fsp3) is 0.235. The van der Waals surface area contributed by atoms with Gasteiger partial charge in [0.1, 0.15) is 17.0 Å². The summed E-state index contributed by atoms with van der Waals surface area (Å²) in [5.41, 5.74) is 1.80. The van der Waals surface area contributed by atoms with E-state index in [1.54, 1.807) is 23.8 Å². The largest absolute Gasteiger partial charge is 0.448 e. The van der Waals surface area contributed by atoms with Gasteiger partial charge in [0.05, 0.1) is 16.8 Å². The molecule has 0 radical (unpaired) electrons. The number of aromatic nitrogens is 4. The lowest BCUT2D eigenvalue weighted by Crippen LogP contribution is -2.01. The Balaban J connectivity index is 1.66. The summed E-state index contributed by atoms with van der Waals surface area (Å²) in [6, 6.07) is 8.18. The van der Waals surface area contributed by atoms with Gasteiger partial charge < -0.3 is 8.98 Å². The highest BCUT2D eigenvalue weighted by Gasteiger charge is 2.14. The van der Waals surface area contributed by atoms with Crippen LogP contribution < -0.4 is 0 Å². The SMILES string of the molecule is CC(C)c1nc(-c2nccn2Cc2nc3ccccc3s2)co1. The normalized spacial score (nSPS) is 11.6. The highest BCUT2D eigenvalue weighted by Crippen LogP contribution is 2.25. The Morgan fingerprint density at radius 1 is 1.22 bits per heavy atom. The van der Waals surface area contributed by atoms with Crippen LogP contribution in [0.25, 0.3) is 21.7 Å². The number of imidazole rings is 1. The molecule has 0 amide bonds. The molecule has 23 heavy (non-hydrogen) atoms. The smallest absolute Gasteiger partial charge is 0.197 e. The molecule has 0 aliphatic rings. The Labute approximate surface area is 137 Å². The molecule has 1 aromatic carbocycles. The summed E-state index contributed by atoms with van der Waals surface area (Å²) in [6.07, 6.45) is 5.41. The first-order chi connectivity index (χ1) is 11.2. The van der Waals surface area contributed by atoms with Crippen LogP contribution in [0.1, 0.15) is 30.7 Å². The zero-order valence-electron chi connectivity index (χ0n) is 12.9. The third-order valence-corrected chi connectivity index (χ3v) is 4.63. The molecule has 4 aromatic rings. The fourth-order valence-electron chi connectivity index (χ4n) is 2.46. The maximum atomic E-state index is 5.53. The lowest BCUT2D eigenvalue weighted by molar-refractivity contribution is 0.471. The predicted molar refractivity (Wildman–Crippen MR) is 90.5 cm³/mol. The van der Waals surface area contributed by atoms with E-state index < -0.39 is 0 Å². The van der Waals surface area contributed by atoms with Crippen molar-refractivity contribution in [3.05, 3.63) is 53.8 Å². The number of benzene rings is 1. The number of nitrogens with zero attached hydrogens (tertiary/aromatic N) is 4. The predicted octanol–water partition coefficient (Wildman–Crippen LogP) is 4.32. The summed E-state index contributed by atoms with van der Waals surface area (Å²) in [6.45, 7) is 4.80. The van der Waals surface area contributed by atoms with E-state index in [-0.39, 0.29) is 5.92 Å². The molecular formula is C17H16N4OS. The number of rotatable bonds is 4. The summed E-state index contributed by atoms with van der Waals surface area (Å²) < 4.78 is 8.78. The van der Waals surface area contributed by atoms with E-state index in [9.17, 15) is 0 Å². The van der Waals surface area contributed by atoms with Crippen LogP contribution in [0.3, 0.4) is 0 Å². The molecule has 0 aliphatic heterocycles. The van der Waals surface area contributed by atoms with Crippen molar-refractivity contribution in [1.82, 2.24) is 19.5 Å². The van der Waals surface area contributed by atoms with Crippen molar-refractivity contribution in [2.75, 3.05) is 0 Å². The molecule has 0 spiro atoms. The van der Waals surface area contributed by atoms with E-state index in [0.29, 0.717) is 6.54 Å². The molecule has 0 fully saturated rings. The van der Waals surface area contributed by atoms with Gasteiger partial charge in [0.25, 0.3) is 0 Å². The summed E-state index contributed by atoms with van der Waals surface area (Å²) in [4.78, 5) is 13.6. The first kappa shape index (κ1) is 14.1. The molecule has 6 heteroatoms. The average Bonchev–Trinajstić information content (AvgIpc) is 3.25. The number of thiazole rings is 1. The Morgan fingerprint density at radius 3 is 2.87 bits per heavy atom. The zero-order chi connectivity index (χ0) is 15.8. The number of para-hydroxylation sites is 1. The highest BCUT2D eigenvalue weighted by atomic mass is 32.1. The summed E-state index contributed by atoms with van der Waals surface area (Å²) in [7, 11) is 0. The van der Waals surface area contributed by atoms with Crippen molar-refractivity contribution in [2.45, 2.75) is 26.3 Å². The lowest BCUT2D eigenvalue weighted by Gasteiger charge is -2.02. The van der Waals surface area contributed by atoms with Crippen molar-refractivity contribution in [3.8, 4) is 11.5 Å². The third-order valence-electron chi connectivity index (χ3n) is 3.60. The van der Waals surface area contributed by atoms with Crippen molar-refractivity contribution in [2.24, 2.45) is 0 Å². The highest BCUT2D eigenvalue weighted by molar-refractivity contribution is 7.18. The minimum atomic E-state index is 0.261. The third kappa shape index (κ3) is 2.66. The molecule has 5 nitrogen and oxygen atoms in total. The van der Waals surface area contributed by atoms with Crippen molar-refractivity contribution < 1.29 is 4.42 Å². The summed E-state index contributed by atoms with van der Waals surface area (Å²) >= 11 is 1.71. The molecule has 0 saturated carbocycles. The van der Waals surface area contributed by atoms with Crippen LogP contribution in [0.2, 0.25) is 0 Å². The lowest BCUT2D eigenvalue weighted by atomic mass is 10.2. The van der Waals surface area contributed by atoms with Crippen LogP contribution in [-0.4, -0.2) is 19.5 Å². The topological polar surface area (TPSA) is 56.7 Å². The van der Waals surface area contributed by atoms with Gasteiger partial charge in [-0.2, -0.15) is 0 Å². The molecule has 0 saturated heterocycles. The van der Waals surface area contributed by atoms with Gasteiger partial charge in [-0.3, -0.25) is 0 Å². The van der Waals surface area contributed by atoms with E-state index in [4.69, 9.17) is 4.42 Å². The van der Waals surface area contributed by atoms with E-state index in [2.05, 4.69) is 39.4 Å². The molecule has 0 unspecified atom stereocenters. The van der Waals surface area contributed by atoms with Gasteiger partial charge in [0, 0.05) is 18.3 Å². The molecule has 0 aliphatic carbocycles. The number of fused-ring (bicyclic) bond motifs is 1. The molecule has 4 rings (SSSR count). The van der Waals surface area contributed by atoms with Crippen LogP contribution >= 0.6 is 11.3 Å². The van der Waals surface area contributed by atoms with Crippen LogP contribution in [0.5, 0.6) is 0 Å². The molecular weight excluding hydrogens is 308 g/mol. The number of hydrogen-bond donors (Lipinski definition) is 0. The van der Waals surface area contributed by atoms with Crippen LogP contribution in [0.15, 0.2) is 47.3 Å². The summed E-state index contributed by atoms with van der Waals surface area (Å²) in [5, 5.41) is 1.05. The van der Waals surface area contributed by atoms with E-state index in [1.165, 1.54) is 4.70 Å². The molecule has 0 atom stereocenters. The Kier molecular flexibility index (Phi) is 3.46. The number of oxazole rings is 1. The average molecular weight is 324 g/mol. The van der Waals surface area contributed by atoms with E-state index in [0.717, 1.165) is 27.9 Å². The van der Waals surface area contributed by atoms with Crippen molar-refractivity contribution >= 4 is 21.6 Å². The van der Waals surface area contributed by atoms with Crippen LogP contribution in [0.4, 0.5) is 0 Å². The van der Waals surface area contributed by atoms with Gasteiger partial charge in [-0.15, -0.1) is 11.3 Å². The Morgan fingerprint density at radius 2 is 2.09 bits per heavy atom. The molecule has 3 heterocycles. The second-order valence-electron chi connectivity index (χ2n) is 5.68. The fourth-order valence-corrected chi connectivity index (χ4v) is 3.43. The van der Waals surface area contributed by atoms with Crippen molar-refractivity contribution in [1.29, 1.82) is 0 Å². The van der Waals surface area contributed by atoms with Gasteiger partial charge in [0.15, 0.2) is 11.7 Å². The first-order valence-electron chi connectivity index (χ1n) is 7.52. The monoisotopic (exact) mass is 324 g/mol. The standard InChI is InChI=1S/C17H16N4OS/c1-11(2)17-20-13(10-22-17)16-18-7-8-21(16)9-15-19-12-5-3-4-6-14(12)23-15/h3-8,10-11H,9H2,1-2H3. The van der Waals surface area contributed by atoms with E-state index >= 15 is 0 Å². The van der Waals surface area contributed by atoms with E-state index in [1.807, 2.05) is 24.4 Å². The zero-order valence-corrected chi connectivity index (χ0v) is 13.7. The van der Waals surface area contributed by atoms with Crippen molar-refractivity contribution in [3.63, 3.8) is 0 Å². The van der Waals surface area contributed by atoms with Crippen LogP contribution in [0, 0.1) is 0 Å². The second kappa shape index (κ2) is 5.62. The van der Waals surface area contributed by atoms with Gasteiger partial charge in [-0.1, -0.05) is 26.0 Å². The maximum absolute atomic E-state index is 5.53. The quantitative estimate of drug-likeness (QED) is 0.561. The molecule has 3 aromatic heterocycles. The Bertz CT molecular complexity index is 917. The molecule has 116 valence electrons. The first-order valence-corrected chi connectivity index (χ1v) is 8.34. The van der Waals surface area contributed by atoms with Gasteiger partial charge in [0.2, 0.25) is 0 Å². The van der Waals surface area contributed by atoms with Gasteiger partial charge in [-0.05, 0) is 12.1 Å². The Hall–Kier alpha value is -2.47. The summed E-state index contributed by atoms with van der Waals surface area (Å²) in [5.74, 6) is 1.80. The second-order valence-corrected chi connectivity index (χ2v) is 6.79.